The number of nitrogens with one attached hydrogen (secondary N) is 3. The lowest BCUT2D eigenvalue weighted by Crippen LogP contribution is -2.13. The van der Waals surface area contributed by atoms with Crippen LogP contribution in [0.2, 0.25) is 0 Å². The molecule has 0 unspecified atom stereocenters. The number of nitrogens with zero attached hydrogens (tertiary/aromatic N) is 2. The SMILES string of the molecule is F.O=c1[nH]c(NCc2ccccc2)nc2nc[nH]c12. The first kappa shape index (κ1) is 12.7. The first-order valence-corrected chi connectivity index (χ1v) is 5.54. The van der Waals surface area contributed by atoms with Crippen molar-refractivity contribution in [3.8, 4) is 0 Å². The molecule has 0 fully saturated rings. The minimum Gasteiger partial charge on any atom is -0.352 e. The van der Waals surface area contributed by atoms with E-state index in [1.807, 2.05) is 30.3 Å². The lowest BCUT2D eigenvalue weighted by molar-refractivity contribution is 1.05. The number of rotatable bonds is 3. The van der Waals surface area contributed by atoms with Crippen molar-refractivity contribution in [3.05, 3.63) is 52.6 Å². The summed E-state index contributed by atoms with van der Waals surface area (Å²) in [6.07, 6.45) is 1.45. The Bertz CT molecular complexity index is 722. The first-order valence-electron chi connectivity index (χ1n) is 5.54. The second-order valence-electron chi connectivity index (χ2n) is 3.85. The van der Waals surface area contributed by atoms with Crippen molar-refractivity contribution in [1.82, 2.24) is 19.9 Å². The number of hydrogen-bond donors (Lipinski definition) is 3. The van der Waals surface area contributed by atoms with Crippen LogP contribution in [0.4, 0.5) is 10.7 Å². The zero-order chi connectivity index (χ0) is 12.4. The molecule has 0 aliphatic heterocycles. The number of anilines is 1. The van der Waals surface area contributed by atoms with Crippen molar-refractivity contribution in [2.75, 3.05) is 5.32 Å². The van der Waals surface area contributed by atoms with Gasteiger partial charge >= 0.3 is 0 Å². The van der Waals surface area contributed by atoms with Crippen LogP contribution in [0.1, 0.15) is 5.56 Å². The predicted octanol–water partition coefficient (Wildman–Crippen LogP) is 1.41. The fourth-order valence-corrected chi connectivity index (χ4v) is 1.71. The van der Waals surface area contributed by atoms with Crippen molar-refractivity contribution < 1.29 is 4.70 Å². The highest BCUT2D eigenvalue weighted by molar-refractivity contribution is 5.69. The molecule has 6 nitrogen and oxygen atoms in total. The van der Waals surface area contributed by atoms with E-state index in [-0.39, 0.29) is 10.3 Å². The van der Waals surface area contributed by atoms with Crippen molar-refractivity contribution >= 4 is 17.1 Å². The quantitative estimate of drug-likeness (QED) is 0.665. The van der Waals surface area contributed by atoms with Gasteiger partial charge in [0.05, 0.1) is 6.33 Å². The summed E-state index contributed by atoms with van der Waals surface area (Å²) in [7, 11) is 0. The maximum Gasteiger partial charge on any atom is 0.278 e. The standard InChI is InChI=1S/C12H11N5O.FH/c18-11-9-10(15-7-14-9)16-12(17-11)13-6-8-4-2-1-3-5-8;/h1-5,7H,6H2,(H3,13,14,15,16,17,18);1H. The van der Waals surface area contributed by atoms with Crippen LogP contribution in [0.5, 0.6) is 0 Å². The van der Waals surface area contributed by atoms with Crippen molar-refractivity contribution in [1.29, 1.82) is 0 Å². The lowest BCUT2D eigenvalue weighted by atomic mass is 10.2. The summed E-state index contributed by atoms with van der Waals surface area (Å²) in [5, 5.41) is 3.06. The van der Waals surface area contributed by atoms with E-state index >= 15 is 0 Å². The highest BCUT2D eigenvalue weighted by Gasteiger charge is 2.04. The Hall–Kier alpha value is -2.70. The van der Waals surface area contributed by atoms with Crippen LogP contribution < -0.4 is 10.9 Å². The third-order valence-electron chi connectivity index (χ3n) is 2.60. The molecular formula is C12H12FN5O. The summed E-state index contributed by atoms with van der Waals surface area (Å²) in [6, 6.07) is 9.88. The van der Waals surface area contributed by atoms with E-state index in [1.165, 1.54) is 6.33 Å². The van der Waals surface area contributed by atoms with Gasteiger partial charge in [0.15, 0.2) is 11.2 Å². The van der Waals surface area contributed by atoms with Gasteiger partial charge in [0.2, 0.25) is 5.95 Å². The molecule has 0 atom stereocenters. The smallest absolute Gasteiger partial charge is 0.278 e. The molecule has 19 heavy (non-hydrogen) atoms. The van der Waals surface area contributed by atoms with Gasteiger partial charge in [0, 0.05) is 6.54 Å². The molecule has 3 rings (SSSR count). The van der Waals surface area contributed by atoms with E-state index in [0.717, 1.165) is 5.56 Å². The molecule has 2 heterocycles. The topological polar surface area (TPSA) is 86.5 Å². The molecule has 0 radical (unpaired) electrons. The normalized spacial score (nSPS) is 10.1. The van der Waals surface area contributed by atoms with Crippen molar-refractivity contribution in [2.24, 2.45) is 0 Å². The van der Waals surface area contributed by atoms with E-state index in [0.29, 0.717) is 23.7 Å². The Labute approximate surface area is 107 Å². The van der Waals surface area contributed by atoms with Gasteiger partial charge in [-0.2, -0.15) is 4.98 Å². The second kappa shape index (κ2) is 5.30. The monoisotopic (exact) mass is 261 g/mol. The third-order valence-corrected chi connectivity index (χ3v) is 2.60. The molecule has 0 aliphatic rings. The van der Waals surface area contributed by atoms with Crippen LogP contribution in [-0.2, 0) is 6.54 Å². The van der Waals surface area contributed by atoms with Crippen molar-refractivity contribution in [2.45, 2.75) is 6.54 Å². The molecule has 0 amide bonds. The number of halogens is 1. The van der Waals surface area contributed by atoms with E-state index in [1.54, 1.807) is 0 Å². The van der Waals surface area contributed by atoms with Crippen LogP contribution in [0, 0.1) is 0 Å². The Morgan fingerprint density at radius 3 is 2.79 bits per heavy atom. The maximum absolute atomic E-state index is 11.7. The molecule has 0 saturated heterocycles. The van der Waals surface area contributed by atoms with Gasteiger partial charge in [-0.05, 0) is 5.56 Å². The van der Waals surface area contributed by atoms with E-state index in [4.69, 9.17) is 0 Å². The molecule has 2 aromatic heterocycles. The minimum absolute atomic E-state index is 0. The van der Waals surface area contributed by atoms with Gasteiger partial charge < -0.3 is 10.3 Å². The Morgan fingerprint density at radius 2 is 2.00 bits per heavy atom. The molecule has 0 aliphatic carbocycles. The lowest BCUT2D eigenvalue weighted by Gasteiger charge is -2.04. The largest absolute Gasteiger partial charge is 0.352 e. The number of aromatic amines is 2. The fraction of sp³-hybridized carbons (Fsp3) is 0.0833. The van der Waals surface area contributed by atoms with Crippen molar-refractivity contribution in [3.63, 3.8) is 0 Å². The van der Waals surface area contributed by atoms with Crippen LogP contribution in [0.15, 0.2) is 41.5 Å². The minimum atomic E-state index is -0.229. The number of benzene rings is 1. The van der Waals surface area contributed by atoms with E-state index < -0.39 is 0 Å². The van der Waals surface area contributed by atoms with Gasteiger partial charge in [-0.25, -0.2) is 4.98 Å². The Kier molecular flexibility index (Phi) is 3.56. The summed E-state index contributed by atoms with van der Waals surface area (Å²) in [5.41, 5.74) is 1.69. The average molecular weight is 261 g/mol. The Morgan fingerprint density at radius 1 is 1.21 bits per heavy atom. The summed E-state index contributed by atoms with van der Waals surface area (Å²) < 4.78 is 0. The number of aromatic nitrogens is 4. The van der Waals surface area contributed by atoms with E-state index in [2.05, 4.69) is 25.3 Å². The summed E-state index contributed by atoms with van der Waals surface area (Å²) in [5.74, 6) is 0.420. The predicted molar refractivity (Wildman–Crippen MR) is 70.8 cm³/mol. The molecule has 0 spiro atoms. The van der Waals surface area contributed by atoms with Gasteiger partial charge in [-0.15, -0.1) is 0 Å². The molecular weight excluding hydrogens is 249 g/mol. The number of H-pyrrole nitrogens is 2. The average Bonchev–Trinajstić information content (AvgIpc) is 2.86. The molecule has 3 N–H and O–H groups in total. The van der Waals surface area contributed by atoms with E-state index in [9.17, 15) is 4.79 Å². The third kappa shape index (κ3) is 2.59. The van der Waals surface area contributed by atoms with Crippen LogP contribution in [0.25, 0.3) is 11.2 Å². The number of hydrogen-bond acceptors (Lipinski definition) is 4. The van der Waals surface area contributed by atoms with Gasteiger partial charge in [0.1, 0.15) is 0 Å². The molecule has 1 aromatic carbocycles. The highest BCUT2D eigenvalue weighted by atomic mass is 19.0. The van der Waals surface area contributed by atoms with Crippen LogP contribution in [-0.4, -0.2) is 19.9 Å². The van der Waals surface area contributed by atoms with Gasteiger partial charge in [0.25, 0.3) is 5.56 Å². The summed E-state index contributed by atoms with van der Waals surface area (Å²) in [6.45, 7) is 0.597. The zero-order valence-electron chi connectivity index (χ0n) is 9.88. The highest BCUT2D eigenvalue weighted by Crippen LogP contribution is 2.05. The number of imidazole rings is 1. The molecule has 3 aromatic rings. The Balaban J connectivity index is 0.00000133. The maximum atomic E-state index is 11.7. The molecule has 98 valence electrons. The van der Waals surface area contributed by atoms with Crippen LogP contribution >= 0.6 is 0 Å². The molecule has 0 saturated carbocycles. The first-order chi connectivity index (χ1) is 8.83. The molecule has 7 heteroatoms. The zero-order valence-corrected chi connectivity index (χ0v) is 9.88. The van der Waals surface area contributed by atoms with Crippen LogP contribution in [0.3, 0.4) is 0 Å². The summed E-state index contributed by atoms with van der Waals surface area (Å²) >= 11 is 0. The second-order valence-corrected chi connectivity index (χ2v) is 3.85. The molecule has 0 bridgehead atoms. The summed E-state index contributed by atoms with van der Waals surface area (Å²) in [4.78, 5) is 25.2. The van der Waals surface area contributed by atoms with Gasteiger partial charge in [-0.3, -0.25) is 14.5 Å². The number of fused-ring (bicyclic) bond motifs is 1. The fourth-order valence-electron chi connectivity index (χ4n) is 1.71. The van der Waals surface area contributed by atoms with Gasteiger partial charge in [-0.1, -0.05) is 30.3 Å².